The van der Waals surface area contributed by atoms with Gasteiger partial charge in [0, 0.05) is 12.5 Å². The molecule has 1 aliphatic carbocycles. The molecule has 2 rings (SSSR count). The Hall–Kier alpha value is -1.89. The molecule has 1 unspecified atom stereocenters. The summed E-state index contributed by atoms with van der Waals surface area (Å²) in [5, 5.41) is 12.7. The number of nitrogens with zero attached hydrogens (tertiary/aromatic N) is 2. The molecule has 1 aromatic heterocycles. The Morgan fingerprint density at radius 1 is 1.41 bits per heavy atom. The van der Waals surface area contributed by atoms with Crippen molar-refractivity contribution in [3.05, 3.63) is 5.56 Å². The number of carbonyl (C=O) groups is 1. The van der Waals surface area contributed by atoms with Gasteiger partial charge in [0.15, 0.2) is 0 Å². The number of nitrogens with two attached hydrogens (primary N) is 2. The first-order valence-electron chi connectivity index (χ1n) is 5.43. The van der Waals surface area contributed by atoms with E-state index >= 15 is 0 Å². The van der Waals surface area contributed by atoms with Crippen molar-refractivity contribution in [3.63, 3.8) is 0 Å². The SMILES string of the molecule is Nc1nc(NC2CC2)nc(N)c1C(O)CC=O. The van der Waals surface area contributed by atoms with E-state index < -0.39 is 6.10 Å². The second-order valence-corrected chi connectivity index (χ2v) is 4.07. The zero-order valence-electron chi connectivity index (χ0n) is 9.26. The highest BCUT2D eigenvalue weighted by atomic mass is 16.3. The summed E-state index contributed by atoms with van der Waals surface area (Å²) in [4.78, 5) is 18.4. The van der Waals surface area contributed by atoms with Crippen molar-refractivity contribution in [1.29, 1.82) is 0 Å². The molecular formula is C10H15N5O2. The second kappa shape index (κ2) is 4.54. The highest BCUT2D eigenvalue weighted by molar-refractivity contribution is 5.61. The molecule has 0 amide bonds. The van der Waals surface area contributed by atoms with Gasteiger partial charge in [-0.3, -0.25) is 0 Å². The molecule has 1 aromatic rings. The molecule has 0 bridgehead atoms. The third-order valence-electron chi connectivity index (χ3n) is 2.57. The molecule has 1 fully saturated rings. The van der Waals surface area contributed by atoms with Crippen molar-refractivity contribution in [2.75, 3.05) is 16.8 Å². The minimum Gasteiger partial charge on any atom is -0.388 e. The number of aliphatic hydroxyl groups is 1. The van der Waals surface area contributed by atoms with E-state index in [-0.39, 0.29) is 23.6 Å². The van der Waals surface area contributed by atoms with Gasteiger partial charge in [0.25, 0.3) is 0 Å². The number of aliphatic hydroxyl groups excluding tert-OH is 1. The standard InChI is InChI=1S/C10H15N5O2/c11-8-7(6(17)3-4-16)9(12)15-10(14-8)13-5-1-2-5/h4-6,17H,1-3H2,(H5,11,12,13,14,15). The lowest BCUT2D eigenvalue weighted by Crippen LogP contribution is -2.14. The Bertz CT molecular complexity index is 410. The summed E-state index contributed by atoms with van der Waals surface area (Å²) in [6.45, 7) is 0. The highest BCUT2D eigenvalue weighted by Crippen LogP contribution is 2.29. The number of rotatable bonds is 5. The van der Waals surface area contributed by atoms with Crippen LogP contribution in [0.3, 0.4) is 0 Å². The van der Waals surface area contributed by atoms with Crippen LogP contribution in [0.4, 0.5) is 17.6 Å². The van der Waals surface area contributed by atoms with E-state index in [1.807, 2.05) is 0 Å². The Balaban J connectivity index is 2.23. The first kappa shape index (κ1) is 11.6. The molecule has 0 aliphatic heterocycles. The molecule has 0 spiro atoms. The molecule has 92 valence electrons. The summed E-state index contributed by atoms with van der Waals surface area (Å²) in [6, 6.07) is 0.388. The van der Waals surface area contributed by atoms with Gasteiger partial charge in [-0.25, -0.2) is 0 Å². The van der Waals surface area contributed by atoms with Gasteiger partial charge < -0.3 is 26.7 Å². The fraction of sp³-hybridized carbons (Fsp3) is 0.500. The van der Waals surface area contributed by atoms with Crippen molar-refractivity contribution in [1.82, 2.24) is 9.97 Å². The monoisotopic (exact) mass is 237 g/mol. The molecule has 6 N–H and O–H groups in total. The van der Waals surface area contributed by atoms with Crippen LogP contribution in [-0.4, -0.2) is 27.4 Å². The minimum absolute atomic E-state index is 0.0762. The summed E-state index contributed by atoms with van der Waals surface area (Å²) >= 11 is 0. The quantitative estimate of drug-likeness (QED) is 0.524. The van der Waals surface area contributed by atoms with E-state index in [1.54, 1.807) is 0 Å². The third-order valence-corrected chi connectivity index (χ3v) is 2.57. The molecule has 1 heterocycles. The summed E-state index contributed by atoms with van der Waals surface area (Å²) in [5.74, 6) is 0.578. The first-order valence-corrected chi connectivity index (χ1v) is 5.43. The summed E-state index contributed by atoms with van der Waals surface area (Å²) in [6.07, 6.45) is 1.63. The van der Waals surface area contributed by atoms with Gasteiger partial charge in [-0.15, -0.1) is 0 Å². The van der Waals surface area contributed by atoms with E-state index in [1.165, 1.54) is 0 Å². The van der Waals surface area contributed by atoms with Crippen molar-refractivity contribution in [2.24, 2.45) is 0 Å². The molecule has 7 nitrogen and oxygen atoms in total. The van der Waals surface area contributed by atoms with Crippen molar-refractivity contribution < 1.29 is 9.90 Å². The number of hydrogen-bond donors (Lipinski definition) is 4. The van der Waals surface area contributed by atoms with Gasteiger partial charge >= 0.3 is 0 Å². The predicted molar refractivity (Wildman–Crippen MR) is 63.1 cm³/mol. The van der Waals surface area contributed by atoms with Crippen LogP contribution in [0.2, 0.25) is 0 Å². The van der Waals surface area contributed by atoms with E-state index in [4.69, 9.17) is 11.5 Å². The number of anilines is 3. The molecule has 17 heavy (non-hydrogen) atoms. The van der Waals surface area contributed by atoms with Crippen molar-refractivity contribution >= 4 is 23.9 Å². The zero-order valence-corrected chi connectivity index (χ0v) is 9.26. The Morgan fingerprint density at radius 2 is 2.00 bits per heavy atom. The third kappa shape index (κ3) is 2.62. The Morgan fingerprint density at radius 3 is 2.47 bits per heavy atom. The van der Waals surface area contributed by atoms with Gasteiger partial charge in [0.05, 0.1) is 11.7 Å². The van der Waals surface area contributed by atoms with Gasteiger partial charge in [0.2, 0.25) is 5.95 Å². The van der Waals surface area contributed by atoms with Gasteiger partial charge in [0.1, 0.15) is 17.9 Å². The molecular weight excluding hydrogens is 222 g/mol. The average molecular weight is 237 g/mol. The van der Waals surface area contributed by atoms with Gasteiger partial charge in [-0.05, 0) is 12.8 Å². The van der Waals surface area contributed by atoms with Crippen molar-refractivity contribution in [2.45, 2.75) is 31.4 Å². The smallest absolute Gasteiger partial charge is 0.226 e. The predicted octanol–water partition coefficient (Wildman–Crippen LogP) is -0.162. The van der Waals surface area contributed by atoms with Crippen molar-refractivity contribution in [3.8, 4) is 0 Å². The largest absolute Gasteiger partial charge is 0.388 e. The van der Waals surface area contributed by atoms with Crippen LogP contribution in [0, 0.1) is 0 Å². The maximum atomic E-state index is 10.3. The summed E-state index contributed by atoms with van der Waals surface area (Å²) < 4.78 is 0. The Kier molecular flexibility index (Phi) is 3.10. The Labute approximate surface area is 98.2 Å². The number of nitrogens with one attached hydrogen (secondary N) is 1. The molecule has 1 aliphatic rings. The maximum Gasteiger partial charge on any atom is 0.226 e. The zero-order chi connectivity index (χ0) is 12.4. The van der Waals surface area contributed by atoms with E-state index in [0.29, 0.717) is 18.3 Å². The van der Waals surface area contributed by atoms with Gasteiger partial charge in [-0.1, -0.05) is 0 Å². The second-order valence-electron chi connectivity index (χ2n) is 4.07. The number of aromatic nitrogens is 2. The van der Waals surface area contributed by atoms with Crippen LogP contribution < -0.4 is 16.8 Å². The van der Waals surface area contributed by atoms with Crippen LogP contribution in [0.5, 0.6) is 0 Å². The van der Waals surface area contributed by atoms with Crippen LogP contribution >= 0.6 is 0 Å². The molecule has 0 saturated heterocycles. The summed E-state index contributed by atoms with van der Waals surface area (Å²) in [5.41, 5.74) is 11.6. The number of hydrogen-bond acceptors (Lipinski definition) is 7. The normalized spacial score (nSPS) is 16.5. The molecule has 7 heteroatoms. The maximum absolute atomic E-state index is 10.3. The van der Waals surface area contributed by atoms with Crippen LogP contribution in [0.15, 0.2) is 0 Å². The van der Waals surface area contributed by atoms with E-state index in [0.717, 1.165) is 12.8 Å². The number of carbonyl (C=O) groups excluding carboxylic acids is 1. The highest BCUT2D eigenvalue weighted by Gasteiger charge is 2.24. The fourth-order valence-electron chi connectivity index (χ4n) is 1.53. The minimum atomic E-state index is -1.05. The summed E-state index contributed by atoms with van der Waals surface area (Å²) in [7, 11) is 0. The lowest BCUT2D eigenvalue weighted by molar-refractivity contribution is -0.109. The lowest BCUT2D eigenvalue weighted by Gasteiger charge is -2.14. The van der Waals surface area contributed by atoms with Crippen LogP contribution in [0.25, 0.3) is 0 Å². The van der Waals surface area contributed by atoms with E-state index in [9.17, 15) is 9.90 Å². The van der Waals surface area contributed by atoms with E-state index in [2.05, 4.69) is 15.3 Å². The molecule has 1 saturated carbocycles. The lowest BCUT2D eigenvalue weighted by atomic mass is 10.1. The molecule has 0 radical (unpaired) electrons. The number of aldehydes is 1. The van der Waals surface area contributed by atoms with Crippen LogP contribution in [-0.2, 0) is 4.79 Å². The molecule has 1 atom stereocenters. The fourth-order valence-corrected chi connectivity index (χ4v) is 1.53. The number of nitrogen functional groups attached to an aromatic ring is 2. The molecule has 0 aromatic carbocycles. The topological polar surface area (TPSA) is 127 Å². The first-order chi connectivity index (χ1) is 8.11. The van der Waals surface area contributed by atoms with Gasteiger partial charge in [-0.2, -0.15) is 9.97 Å². The average Bonchev–Trinajstić information content (AvgIpc) is 3.00. The van der Waals surface area contributed by atoms with Crippen LogP contribution in [0.1, 0.15) is 30.9 Å².